The smallest absolute Gasteiger partial charge is 0.252 e. The van der Waals surface area contributed by atoms with Crippen LogP contribution >= 0.6 is 0 Å². The molecule has 38 heavy (non-hydrogen) atoms. The number of carbonyl (C=O) groups excluding carboxylic acids is 1. The van der Waals surface area contributed by atoms with Crippen LogP contribution in [0.2, 0.25) is 0 Å². The van der Waals surface area contributed by atoms with E-state index in [1.165, 1.54) is 0 Å². The van der Waals surface area contributed by atoms with Crippen LogP contribution in [-0.2, 0) is 13.1 Å². The van der Waals surface area contributed by atoms with Gasteiger partial charge >= 0.3 is 0 Å². The number of rotatable bonds is 8. The predicted octanol–water partition coefficient (Wildman–Crippen LogP) is 4.91. The van der Waals surface area contributed by atoms with Gasteiger partial charge in [0, 0.05) is 47.8 Å². The highest BCUT2D eigenvalue weighted by Crippen LogP contribution is 2.23. The van der Waals surface area contributed by atoms with Crippen LogP contribution in [0.15, 0.2) is 116 Å². The zero-order chi connectivity index (χ0) is 25.7. The lowest BCUT2D eigenvalue weighted by atomic mass is 10.0. The molecule has 6 aromatic rings. The molecule has 0 saturated heterocycles. The second kappa shape index (κ2) is 10.5. The highest BCUT2D eigenvalue weighted by molar-refractivity contribution is 5.96. The number of nitrogens with one attached hydrogen (secondary N) is 1. The highest BCUT2D eigenvalue weighted by Gasteiger charge is 2.19. The first-order valence-corrected chi connectivity index (χ1v) is 12.4. The number of amides is 1. The fourth-order valence-corrected chi connectivity index (χ4v) is 4.57. The second-order valence-electron chi connectivity index (χ2n) is 9.09. The number of benzene rings is 3. The summed E-state index contributed by atoms with van der Waals surface area (Å²) >= 11 is 0. The Hall–Kier alpha value is -5.11. The van der Waals surface area contributed by atoms with Crippen LogP contribution in [0.1, 0.15) is 27.5 Å². The lowest BCUT2D eigenvalue weighted by Gasteiger charge is -2.21. The van der Waals surface area contributed by atoms with Crippen LogP contribution in [0, 0.1) is 0 Å². The largest absolute Gasteiger partial charge is 0.343 e. The van der Waals surface area contributed by atoms with Crippen LogP contribution in [0.4, 0.5) is 0 Å². The van der Waals surface area contributed by atoms with Gasteiger partial charge in [0.05, 0.1) is 25.1 Å². The summed E-state index contributed by atoms with van der Waals surface area (Å²) in [6.07, 6.45) is 10.9. The Kier molecular flexibility index (Phi) is 6.42. The summed E-state index contributed by atoms with van der Waals surface area (Å²) in [6, 6.07) is 25.5. The minimum Gasteiger partial charge on any atom is -0.343 e. The molecule has 1 unspecified atom stereocenters. The van der Waals surface area contributed by atoms with Gasteiger partial charge in [-0.25, -0.2) is 9.67 Å². The van der Waals surface area contributed by atoms with Crippen molar-refractivity contribution in [1.82, 2.24) is 34.8 Å². The summed E-state index contributed by atoms with van der Waals surface area (Å²) in [5.41, 5.74) is 4.25. The fourth-order valence-electron chi connectivity index (χ4n) is 4.57. The van der Waals surface area contributed by atoms with Gasteiger partial charge in [-0.05, 0) is 34.7 Å². The maximum Gasteiger partial charge on any atom is 0.252 e. The molecule has 0 aliphatic rings. The van der Waals surface area contributed by atoms with Crippen molar-refractivity contribution in [2.45, 2.75) is 19.1 Å². The Labute approximate surface area is 219 Å². The Bertz CT molecular complexity index is 1680. The van der Waals surface area contributed by atoms with E-state index in [1.807, 2.05) is 96.0 Å². The van der Waals surface area contributed by atoms with Gasteiger partial charge in [0.25, 0.3) is 5.91 Å². The van der Waals surface area contributed by atoms with Gasteiger partial charge in [-0.3, -0.25) is 9.78 Å². The average molecular weight is 500 g/mol. The summed E-state index contributed by atoms with van der Waals surface area (Å²) in [6.45, 7) is 0.998. The molecule has 0 spiro atoms. The summed E-state index contributed by atoms with van der Waals surface area (Å²) in [5.74, 6) is -0.141. The van der Waals surface area contributed by atoms with E-state index in [-0.39, 0.29) is 11.9 Å². The van der Waals surface area contributed by atoms with Gasteiger partial charge in [0.2, 0.25) is 0 Å². The summed E-state index contributed by atoms with van der Waals surface area (Å²) in [5, 5.41) is 14.1. The Morgan fingerprint density at radius 1 is 0.895 bits per heavy atom. The number of carbonyl (C=O) groups is 1. The molecule has 1 amide bonds. The Morgan fingerprint density at radius 3 is 2.63 bits per heavy atom. The molecule has 1 N–H and O–H groups in total. The third-order valence-electron chi connectivity index (χ3n) is 6.53. The highest BCUT2D eigenvalue weighted by atomic mass is 16.1. The van der Waals surface area contributed by atoms with E-state index in [0.29, 0.717) is 18.7 Å². The van der Waals surface area contributed by atoms with Gasteiger partial charge < -0.3 is 9.88 Å². The van der Waals surface area contributed by atoms with Crippen LogP contribution in [0.5, 0.6) is 0 Å². The van der Waals surface area contributed by atoms with Crippen molar-refractivity contribution in [2.75, 3.05) is 0 Å². The topological polar surface area (TPSA) is 90.5 Å². The molecule has 0 radical (unpaired) electrons. The maximum atomic E-state index is 13.5. The SMILES string of the molecule is O=C(NC(Cn1ccnc1)c1ccccc1)c1ccccc1Cn1cc(-c2ccc3cnccc3c2)nn1. The maximum absolute atomic E-state index is 13.5. The van der Waals surface area contributed by atoms with Crippen molar-refractivity contribution < 1.29 is 4.79 Å². The summed E-state index contributed by atoms with van der Waals surface area (Å²) in [7, 11) is 0. The van der Waals surface area contributed by atoms with Gasteiger partial charge in [0.1, 0.15) is 5.69 Å². The van der Waals surface area contributed by atoms with Crippen molar-refractivity contribution >= 4 is 16.7 Å². The van der Waals surface area contributed by atoms with Gasteiger partial charge in [-0.15, -0.1) is 5.10 Å². The number of nitrogens with zero attached hydrogens (tertiary/aromatic N) is 6. The zero-order valence-electron chi connectivity index (χ0n) is 20.6. The molecular weight excluding hydrogens is 474 g/mol. The van der Waals surface area contributed by atoms with Crippen molar-refractivity contribution in [3.8, 4) is 11.3 Å². The lowest BCUT2D eigenvalue weighted by molar-refractivity contribution is 0.0931. The van der Waals surface area contributed by atoms with E-state index < -0.39 is 0 Å². The van der Waals surface area contributed by atoms with E-state index in [4.69, 9.17) is 0 Å². The lowest BCUT2D eigenvalue weighted by Crippen LogP contribution is -2.32. The first kappa shape index (κ1) is 23.3. The molecule has 0 aliphatic carbocycles. The number of aromatic nitrogens is 6. The Balaban J connectivity index is 1.23. The molecule has 1 atom stereocenters. The minimum atomic E-state index is -0.216. The fraction of sp³-hybridized carbons (Fsp3) is 0.100. The van der Waals surface area contributed by atoms with Gasteiger partial charge in [0.15, 0.2) is 0 Å². The first-order chi connectivity index (χ1) is 18.7. The monoisotopic (exact) mass is 499 g/mol. The molecule has 3 heterocycles. The van der Waals surface area contributed by atoms with Crippen molar-refractivity contribution in [3.05, 3.63) is 133 Å². The second-order valence-corrected chi connectivity index (χ2v) is 9.09. The zero-order valence-corrected chi connectivity index (χ0v) is 20.6. The standard InChI is InChI=1S/C30H25N7O/c38-30(33-28(19-36-15-14-32-21-36)22-6-2-1-3-7-22)27-9-5-4-8-26(27)18-37-20-29(34-35-37)24-10-11-25-17-31-13-12-23(25)16-24/h1-17,20-21,28H,18-19H2,(H,33,38). The van der Waals surface area contributed by atoms with E-state index in [2.05, 4.69) is 31.7 Å². The molecule has 8 nitrogen and oxygen atoms in total. The molecule has 0 aliphatic heterocycles. The minimum absolute atomic E-state index is 0.141. The number of imidazole rings is 1. The van der Waals surface area contributed by atoms with E-state index in [9.17, 15) is 4.79 Å². The van der Waals surface area contributed by atoms with Crippen LogP contribution in [0.25, 0.3) is 22.0 Å². The van der Waals surface area contributed by atoms with Crippen molar-refractivity contribution in [2.24, 2.45) is 0 Å². The molecule has 0 saturated carbocycles. The van der Waals surface area contributed by atoms with Gasteiger partial charge in [-0.1, -0.05) is 65.9 Å². The number of hydrogen-bond donors (Lipinski definition) is 1. The number of hydrogen-bond acceptors (Lipinski definition) is 5. The summed E-state index contributed by atoms with van der Waals surface area (Å²) in [4.78, 5) is 21.8. The van der Waals surface area contributed by atoms with Crippen LogP contribution < -0.4 is 5.32 Å². The molecule has 3 aromatic heterocycles. The van der Waals surface area contributed by atoms with Crippen molar-refractivity contribution in [3.63, 3.8) is 0 Å². The third kappa shape index (κ3) is 5.05. The molecule has 8 heteroatoms. The normalized spacial score (nSPS) is 11.9. The summed E-state index contributed by atoms with van der Waals surface area (Å²) < 4.78 is 3.72. The van der Waals surface area contributed by atoms with Gasteiger partial charge in [-0.2, -0.15) is 0 Å². The molecule has 0 fully saturated rings. The Morgan fingerprint density at radius 2 is 1.76 bits per heavy atom. The van der Waals surface area contributed by atoms with E-state index in [0.717, 1.165) is 33.2 Å². The quantitative estimate of drug-likeness (QED) is 0.321. The molecule has 3 aromatic carbocycles. The van der Waals surface area contributed by atoms with Crippen LogP contribution in [-0.4, -0.2) is 35.4 Å². The molecule has 6 rings (SSSR count). The predicted molar refractivity (Wildman–Crippen MR) is 145 cm³/mol. The van der Waals surface area contributed by atoms with Crippen LogP contribution in [0.3, 0.4) is 0 Å². The average Bonchev–Trinajstić information content (AvgIpc) is 3.66. The first-order valence-electron chi connectivity index (χ1n) is 12.4. The molecule has 0 bridgehead atoms. The molecule has 186 valence electrons. The number of fused-ring (bicyclic) bond motifs is 1. The van der Waals surface area contributed by atoms with E-state index >= 15 is 0 Å². The number of pyridine rings is 1. The molecular formula is C30H25N7O. The third-order valence-corrected chi connectivity index (χ3v) is 6.53. The van der Waals surface area contributed by atoms with Crippen molar-refractivity contribution in [1.29, 1.82) is 0 Å². The van der Waals surface area contributed by atoms with E-state index in [1.54, 1.807) is 23.4 Å².